The van der Waals surface area contributed by atoms with Crippen molar-refractivity contribution in [2.45, 2.75) is 0 Å². The van der Waals surface area contributed by atoms with E-state index < -0.39 is 0 Å². The van der Waals surface area contributed by atoms with E-state index in [1.165, 1.54) is 4.68 Å². The van der Waals surface area contributed by atoms with Crippen LogP contribution >= 0.6 is 11.6 Å². The van der Waals surface area contributed by atoms with E-state index in [1.54, 1.807) is 48.5 Å². The van der Waals surface area contributed by atoms with Crippen LogP contribution in [0, 0.1) is 0 Å². The number of hydrogen-bond donors (Lipinski definition) is 2. The first kappa shape index (κ1) is 14.2. The van der Waals surface area contributed by atoms with Gasteiger partial charge in [0.25, 0.3) is 0 Å². The Labute approximate surface area is 132 Å². The minimum Gasteiger partial charge on any atom is -0.394 e. The van der Waals surface area contributed by atoms with Crippen LogP contribution in [0.4, 0.5) is 11.5 Å². The number of carbonyl (C=O) groups is 1. The van der Waals surface area contributed by atoms with E-state index in [0.717, 1.165) is 0 Å². The number of hydrogen-bond acceptors (Lipinski definition) is 4. The molecule has 4 N–H and O–H groups in total. The number of ketones is 1. The molecule has 0 saturated heterocycles. The van der Waals surface area contributed by atoms with Crippen molar-refractivity contribution >= 4 is 28.9 Å². The first-order valence-corrected chi connectivity index (χ1v) is 6.95. The number of carbonyl (C=O) groups excluding carboxylic acids is 1. The molecule has 22 heavy (non-hydrogen) atoms. The average molecular weight is 313 g/mol. The molecule has 0 aliphatic carbocycles. The van der Waals surface area contributed by atoms with Gasteiger partial charge in [-0.15, -0.1) is 0 Å². The highest BCUT2D eigenvalue weighted by atomic mass is 35.5. The molecule has 0 spiro atoms. The highest BCUT2D eigenvalue weighted by Gasteiger charge is 2.21. The molecule has 110 valence electrons. The van der Waals surface area contributed by atoms with Gasteiger partial charge in [0.05, 0.1) is 5.69 Å². The van der Waals surface area contributed by atoms with Crippen LogP contribution in [0.3, 0.4) is 0 Å². The standard InChI is InChI=1S/C16H13ClN4O/c17-11-6-8-12(9-7-11)21-16(19)13(18)14(20-21)15(22)10-4-2-1-3-5-10/h1-9H,18-19H2. The van der Waals surface area contributed by atoms with E-state index >= 15 is 0 Å². The Morgan fingerprint density at radius 3 is 2.27 bits per heavy atom. The van der Waals surface area contributed by atoms with E-state index in [-0.39, 0.29) is 23.0 Å². The molecule has 0 aliphatic rings. The van der Waals surface area contributed by atoms with E-state index in [2.05, 4.69) is 5.10 Å². The fourth-order valence-corrected chi connectivity index (χ4v) is 2.24. The summed E-state index contributed by atoms with van der Waals surface area (Å²) < 4.78 is 1.43. The summed E-state index contributed by atoms with van der Waals surface area (Å²) in [5, 5.41) is 4.86. The maximum absolute atomic E-state index is 12.5. The molecule has 0 radical (unpaired) electrons. The zero-order valence-electron chi connectivity index (χ0n) is 11.5. The third kappa shape index (κ3) is 2.42. The summed E-state index contributed by atoms with van der Waals surface area (Å²) >= 11 is 5.87. The van der Waals surface area contributed by atoms with Gasteiger partial charge in [-0.1, -0.05) is 41.9 Å². The molecule has 0 saturated carbocycles. The van der Waals surface area contributed by atoms with Crippen molar-refractivity contribution in [3.63, 3.8) is 0 Å². The molecule has 2 aromatic carbocycles. The molecule has 6 heteroatoms. The quantitative estimate of drug-likeness (QED) is 0.728. The van der Waals surface area contributed by atoms with Gasteiger partial charge >= 0.3 is 0 Å². The lowest BCUT2D eigenvalue weighted by atomic mass is 10.1. The van der Waals surface area contributed by atoms with Crippen molar-refractivity contribution in [1.82, 2.24) is 9.78 Å². The smallest absolute Gasteiger partial charge is 0.215 e. The van der Waals surface area contributed by atoms with Gasteiger partial charge in [-0.05, 0) is 24.3 Å². The van der Waals surface area contributed by atoms with Crippen molar-refractivity contribution in [2.24, 2.45) is 0 Å². The van der Waals surface area contributed by atoms with Gasteiger partial charge in [-0.3, -0.25) is 4.79 Å². The maximum atomic E-state index is 12.5. The molecule has 1 aromatic heterocycles. The molecule has 0 fully saturated rings. The van der Waals surface area contributed by atoms with Crippen LogP contribution in [-0.2, 0) is 0 Å². The van der Waals surface area contributed by atoms with Gasteiger partial charge in [-0.25, -0.2) is 4.68 Å². The van der Waals surface area contributed by atoms with E-state index in [4.69, 9.17) is 23.1 Å². The Morgan fingerprint density at radius 1 is 1.00 bits per heavy atom. The van der Waals surface area contributed by atoms with Gasteiger partial charge in [0.15, 0.2) is 11.5 Å². The normalized spacial score (nSPS) is 10.6. The number of benzene rings is 2. The summed E-state index contributed by atoms with van der Waals surface area (Å²) in [5.74, 6) is -0.0425. The largest absolute Gasteiger partial charge is 0.394 e. The second-order valence-electron chi connectivity index (χ2n) is 4.73. The van der Waals surface area contributed by atoms with Crippen molar-refractivity contribution in [3.05, 3.63) is 70.9 Å². The van der Waals surface area contributed by atoms with Crippen molar-refractivity contribution in [1.29, 1.82) is 0 Å². The summed E-state index contributed by atoms with van der Waals surface area (Å²) in [6, 6.07) is 15.7. The lowest BCUT2D eigenvalue weighted by Crippen LogP contribution is -2.05. The van der Waals surface area contributed by atoms with Gasteiger partial charge in [0.1, 0.15) is 5.69 Å². The Bertz CT molecular complexity index is 825. The van der Waals surface area contributed by atoms with Crippen LogP contribution in [0.25, 0.3) is 5.69 Å². The van der Waals surface area contributed by atoms with Crippen molar-refractivity contribution in [3.8, 4) is 5.69 Å². The second-order valence-corrected chi connectivity index (χ2v) is 5.17. The van der Waals surface area contributed by atoms with E-state index in [1.807, 2.05) is 6.07 Å². The molecule has 1 heterocycles. The summed E-state index contributed by atoms with van der Waals surface area (Å²) in [6.45, 7) is 0. The number of anilines is 2. The molecule has 0 bridgehead atoms. The van der Waals surface area contributed by atoms with Gasteiger partial charge in [-0.2, -0.15) is 5.10 Å². The van der Waals surface area contributed by atoms with Crippen LogP contribution in [0.5, 0.6) is 0 Å². The van der Waals surface area contributed by atoms with Crippen LogP contribution < -0.4 is 11.5 Å². The second kappa shape index (κ2) is 5.54. The zero-order chi connectivity index (χ0) is 15.7. The first-order chi connectivity index (χ1) is 10.6. The molecule has 0 aliphatic heterocycles. The highest BCUT2D eigenvalue weighted by Crippen LogP contribution is 2.26. The van der Waals surface area contributed by atoms with Crippen molar-refractivity contribution < 1.29 is 4.79 Å². The molecule has 0 atom stereocenters. The summed E-state index contributed by atoms with van der Waals surface area (Å²) in [4.78, 5) is 12.5. The summed E-state index contributed by atoms with van der Waals surface area (Å²) in [7, 11) is 0. The Morgan fingerprint density at radius 2 is 1.64 bits per heavy atom. The first-order valence-electron chi connectivity index (χ1n) is 6.57. The molecular formula is C16H13ClN4O. The number of nitrogen functional groups attached to an aromatic ring is 2. The van der Waals surface area contributed by atoms with Gasteiger partial charge < -0.3 is 11.5 Å². The Hall–Kier alpha value is -2.79. The predicted octanol–water partition coefficient (Wildman–Crippen LogP) is 2.92. The molecular weight excluding hydrogens is 300 g/mol. The molecule has 5 nitrogen and oxygen atoms in total. The molecule has 3 rings (SSSR count). The Kier molecular flexibility index (Phi) is 3.56. The zero-order valence-corrected chi connectivity index (χ0v) is 12.3. The van der Waals surface area contributed by atoms with Crippen LogP contribution in [0.1, 0.15) is 16.1 Å². The number of rotatable bonds is 3. The number of nitrogens with two attached hydrogens (primary N) is 2. The van der Waals surface area contributed by atoms with Crippen LogP contribution in [0.2, 0.25) is 5.02 Å². The summed E-state index contributed by atoms with van der Waals surface area (Å²) in [5.41, 5.74) is 13.4. The van der Waals surface area contributed by atoms with Crippen LogP contribution in [0.15, 0.2) is 54.6 Å². The third-order valence-electron chi connectivity index (χ3n) is 3.28. The minimum atomic E-state index is -0.266. The van der Waals surface area contributed by atoms with E-state index in [0.29, 0.717) is 16.3 Å². The van der Waals surface area contributed by atoms with Gasteiger partial charge in [0, 0.05) is 10.6 Å². The molecule has 0 unspecified atom stereocenters. The van der Waals surface area contributed by atoms with Crippen LogP contribution in [-0.4, -0.2) is 15.6 Å². The summed E-state index contributed by atoms with van der Waals surface area (Å²) in [6.07, 6.45) is 0. The Balaban J connectivity index is 2.06. The maximum Gasteiger partial charge on any atom is 0.215 e. The van der Waals surface area contributed by atoms with Crippen molar-refractivity contribution in [2.75, 3.05) is 11.5 Å². The van der Waals surface area contributed by atoms with E-state index in [9.17, 15) is 4.79 Å². The monoisotopic (exact) mass is 312 g/mol. The minimum absolute atomic E-state index is 0.138. The lowest BCUT2D eigenvalue weighted by molar-refractivity contribution is 0.103. The highest BCUT2D eigenvalue weighted by molar-refractivity contribution is 6.30. The third-order valence-corrected chi connectivity index (χ3v) is 3.53. The number of nitrogens with zero attached hydrogens (tertiary/aromatic N) is 2. The average Bonchev–Trinajstić information content (AvgIpc) is 2.84. The fraction of sp³-hybridized carbons (Fsp3) is 0. The lowest BCUT2D eigenvalue weighted by Gasteiger charge is -2.03. The van der Waals surface area contributed by atoms with Gasteiger partial charge in [0.2, 0.25) is 5.78 Å². The fourth-order valence-electron chi connectivity index (χ4n) is 2.12. The number of aromatic nitrogens is 2. The predicted molar refractivity (Wildman–Crippen MR) is 87.3 cm³/mol. The molecule has 0 amide bonds. The topological polar surface area (TPSA) is 86.9 Å². The number of halogens is 1. The molecule has 3 aromatic rings. The SMILES string of the molecule is Nc1c(C(=O)c2ccccc2)nn(-c2ccc(Cl)cc2)c1N.